The molecular formula is C16H16BrNO3. The summed E-state index contributed by atoms with van der Waals surface area (Å²) < 4.78 is 11.6. The number of hydrogen-bond acceptors (Lipinski definition) is 4. The number of rotatable bonds is 2. The van der Waals surface area contributed by atoms with Gasteiger partial charge in [-0.05, 0) is 64.7 Å². The van der Waals surface area contributed by atoms with Crippen LogP contribution in [0, 0.1) is 28.6 Å². The fourth-order valence-corrected chi connectivity index (χ4v) is 4.92. The molecule has 1 heterocycles. The summed E-state index contributed by atoms with van der Waals surface area (Å²) >= 11 is 3.46. The van der Waals surface area contributed by atoms with Gasteiger partial charge in [-0.1, -0.05) is 6.42 Å². The molecule has 0 aromatic heterocycles. The molecule has 2 bridgehead atoms. The van der Waals surface area contributed by atoms with Gasteiger partial charge in [-0.3, -0.25) is 0 Å². The number of ether oxygens (including phenoxy) is 2. The number of hydrogen-bond donors (Lipinski definition) is 1. The largest absolute Gasteiger partial charge is 0.454 e. The van der Waals surface area contributed by atoms with Crippen LogP contribution in [0.2, 0.25) is 0 Å². The second kappa shape index (κ2) is 4.62. The third kappa shape index (κ3) is 1.82. The second-order valence-corrected chi connectivity index (χ2v) is 7.23. The normalized spacial score (nSPS) is 34.0. The predicted octanol–water partition coefficient (Wildman–Crippen LogP) is 3.54. The van der Waals surface area contributed by atoms with Crippen molar-refractivity contribution in [1.29, 1.82) is 5.26 Å². The van der Waals surface area contributed by atoms with Gasteiger partial charge < -0.3 is 14.6 Å². The van der Waals surface area contributed by atoms with Crippen LogP contribution < -0.4 is 9.47 Å². The van der Waals surface area contributed by atoms with Gasteiger partial charge >= 0.3 is 0 Å². The Hall–Kier alpha value is -1.25. The van der Waals surface area contributed by atoms with Gasteiger partial charge in [0.2, 0.25) is 6.79 Å². The summed E-state index contributed by atoms with van der Waals surface area (Å²) in [6.45, 7) is 0.196. The van der Waals surface area contributed by atoms with Gasteiger partial charge in [-0.15, -0.1) is 0 Å². The average Bonchev–Trinajstić information content (AvgIpc) is 3.20. The summed E-state index contributed by atoms with van der Waals surface area (Å²) in [5, 5.41) is 20.7. The minimum Gasteiger partial charge on any atom is -0.454 e. The third-order valence-electron chi connectivity index (χ3n) is 5.36. The van der Waals surface area contributed by atoms with Crippen LogP contribution in [0.3, 0.4) is 0 Å². The van der Waals surface area contributed by atoms with Crippen molar-refractivity contribution in [2.45, 2.75) is 31.8 Å². The molecule has 4 atom stereocenters. The van der Waals surface area contributed by atoms with Crippen molar-refractivity contribution >= 4 is 15.9 Å². The number of nitriles is 1. The molecule has 0 saturated heterocycles. The van der Waals surface area contributed by atoms with Gasteiger partial charge in [0.15, 0.2) is 11.5 Å². The monoisotopic (exact) mass is 349 g/mol. The lowest BCUT2D eigenvalue weighted by Crippen LogP contribution is -2.33. The van der Waals surface area contributed by atoms with E-state index in [1.807, 2.05) is 12.1 Å². The first-order chi connectivity index (χ1) is 10.1. The molecule has 4 unspecified atom stereocenters. The van der Waals surface area contributed by atoms with Crippen molar-refractivity contribution in [3.05, 3.63) is 22.2 Å². The molecule has 4 nitrogen and oxygen atoms in total. The van der Waals surface area contributed by atoms with E-state index in [0.29, 0.717) is 23.3 Å². The van der Waals surface area contributed by atoms with Gasteiger partial charge in [-0.2, -0.15) is 5.26 Å². The molecule has 0 amide bonds. The zero-order valence-corrected chi connectivity index (χ0v) is 13.1. The Kier molecular flexibility index (Phi) is 2.95. The van der Waals surface area contributed by atoms with Crippen molar-refractivity contribution in [2.75, 3.05) is 6.79 Å². The summed E-state index contributed by atoms with van der Waals surface area (Å²) in [4.78, 5) is 0. The molecule has 0 radical (unpaired) electrons. The average molecular weight is 350 g/mol. The van der Waals surface area contributed by atoms with Gasteiger partial charge in [0, 0.05) is 0 Å². The van der Waals surface area contributed by atoms with E-state index in [1.54, 1.807) is 0 Å². The van der Waals surface area contributed by atoms with Gasteiger partial charge in [0.25, 0.3) is 0 Å². The van der Waals surface area contributed by atoms with Crippen molar-refractivity contribution in [3.63, 3.8) is 0 Å². The van der Waals surface area contributed by atoms with Gasteiger partial charge in [0.05, 0.1) is 22.1 Å². The molecule has 1 aromatic carbocycles. The topological polar surface area (TPSA) is 62.5 Å². The van der Waals surface area contributed by atoms with E-state index in [-0.39, 0.29) is 6.79 Å². The highest BCUT2D eigenvalue weighted by Crippen LogP contribution is 2.61. The van der Waals surface area contributed by atoms with Gasteiger partial charge in [0.1, 0.15) is 0 Å². The Morgan fingerprint density at radius 1 is 1.38 bits per heavy atom. The maximum atomic E-state index is 10.9. The van der Waals surface area contributed by atoms with Crippen LogP contribution in [0.4, 0.5) is 0 Å². The third-order valence-corrected chi connectivity index (χ3v) is 5.95. The molecule has 21 heavy (non-hydrogen) atoms. The first-order valence-electron chi connectivity index (χ1n) is 7.32. The number of benzene rings is 1. The van der Waals surface area contributed by atoms with Crippen LogP contribution in [0.15, 0.2) is 16.6 Å². The predicted molar refractivity (Wildman–Crippen MR) is 78.7 cm³/mol. The standard InChI is InChI=1S/C16H16BrNO3/c17-12-4-10(5-13-14(12)21-8-20-13)15(19)16(7-18)6-9-1-2-11(16)3-9/h4-5,9,11,15,19H,1-3,6,8H2. The van der Waals surface area contributed by atoms with E-state index in [1.165, 1.54) is 6.42 Å². The van der Waals surface area contributed by atoms with Crippen LogP contribution in [-0.2, 0) is 0 Å². The number of nitrogens with zero attached hydrogens (tertiary/aromatic N) is 1. The fourth-order valence-electron chi connectivity index (χ4n) is 4.35. The molecule has 2 aliphatic carbocycles. The summed E-state index contributed by atoms with van der Waals surface area (Å²) in [6, 6.07) is 6.12. The number of aliphatic hydroxyl groups is 1. The van der Waals surface area contributed by atoms with Crippen LogP contribution in [0.25, 0.3) is 0 Å². The van der Waals surface area contributed by atoms with Crippen molar-refractivity contribution in [2.24, 2.45) is 17.3 Å². The van der Waals surface area contributed by atoms with Crippen molar-refractivity contribution in [3.8, 4) is 17.6 Å². The molecule has 0 spiro atoms. The van der Waals surface area contributed by atoms with Crippen LogP contribution in [0.1, 0.15) is 37.4 Å². The zero-order valence-electron chi connectivity index (χ0n) is 11.5. The quantitative estimate of drug-likeness (QED) is 0.886. The van der Waals surface area contributed by atoms with Crippen LogP contribution in [0.5, 0.6) is 11.5 Å². The Labute approximate surface area is 131 Å². The molecule has 2 fully saturated rings. The highest BCUT2D eigenvalue weighted by molar-refractivity contribution is 9.10. The van der Waals surface area contributed by atoms with Crippen LogP contribution in [-0.4, -0.2) is 11.9 Å². The second-order valence-electron chi connectivity index (χ2n) is 6.37. The molecule has 4 rings (SSSR count). The highest BCUT2D eigenvalue weighted by Gasteiger charge is 2.55. The SMILES string of the molecule is N#CC1(C(O)c2cc(Br)c3c(c2)OCO3)CC2CCC1C2. The number of halogens is 1. The van der Waals surface area contributed by atoms with Crippen molar-refractivity contribution < 1.29 is 14.6 Å². The van der Waals surface area contributed by atoms with Crippen molar-refractivity contribution in [1.82, 2.24) is 0 Å². The molecular weight excluding hydrogens is 334 g/mol. The highest BCUT2D eigenvalue weighted by atomic mass is 79.9. The maximum Gasteiger partial charge on any atom is 0.231 e. The van der Waals surface area contributed by atoms with E-state index >= 15 is 0 Å². The lowest BCUT2D eigenvalue weighted by molar-refractivity contribution is 0.0232. The lowest BCUT2D eigenvalue weighted by Gasteiger charge is -2.35. The summed E-state index contributed by atoms with van der Waals surface area (Å²) in [6.07, 6.45) is 3.37. The van der Waals surface area contributed by atoms with E-state index in [0.717, 1.165) is 29.3 Å². The maximum absolute atomic E-state index is 10.9. The minimum atomic E-state index is -0.774. The molecule has 110 valence electrons. The Bertz CT molecular complexity index is 641. The van der Waals surface area contributed by atoms with Gasteiger partial charge in [-0.25, -0.2) is 0 Å². The molecule has 3 aliphatic rings. The molecule has 2 saturated carbocycles. The summed E-state index contributed by atoms with van der Waals surface area (Å²) in [5.74, 6) is 2.22. The van der Waals surface area contributed by atoms with Crippen LogP contribution >= 0.6 is 15.9 Å². The zero-order chi connectivity index (χ0) is 14.6. The minimum absolute atomic E-state index is 0.196. The fraction of sp³-hybridized carbons (Fsp3) is 0.562. The van der Waals surface area contributed by atoms with E-state index < -0.39 is 11.5 Å². The molecule has 1 aliphatic heterocycles. The first-order valence-corrected chi connectivity index (χ1v) is 8.11. The molecule has 1 N–H and O–H groups in total. The number of aliphatic hydroxyl groups excluding tert-OH is 1. The summed E-state index contributed by atoms with van der Waals surface area (Å²) in [7, 11) is 0. The Morgan fingerprint density at radius 2 is 2.24 bits per heavy atom. The molecule has 1 aromatic rings. The first kappa shape index (κ1) is 13.4. The lowest BCUT2D eigenvalue weighted by atomic mass is 9.68. The van der Waals surface area contributed by atoms with E-state index in [4.69, 9.17) is 9.47 Å². The molecule has 5 heteroatoms. The number of fused-ring (bicyclic) bond motifs is 3. The van der Waals surface area contributed by atoms with E-state index in [9.17, 15) is 10.4 Å². The van der Waals surface area contributed by atoms with E-state index in [2.05, 4.69) is 22.0 Å². The Balaban J connectivity index is 1.73. The Morgan fingerprint density at radius 3 is 2.90 bits per heavy atom. The summed E-state index contributed by atoms with van der Waals surface area (Å²) in [5.41, 5.74) is 0.0935. The smallest absolute Gasteiger partial charge is 0.231 e.